The Kier molecular flexibility index (Phi) is 4.72. The zero-order chi connectivity index (χ0) is 20.0. The molecular formula is C20H27BN2O4. The Labute approximate surface area is 160 Å². The van der Waals surface area contributed by atoms with Gasteiger partial charge in [0.1, 0.15) is 5.60 Å². The Balaban J connectivity index is 1.96. The first-order valence-corrected chi connectivity index (χ1v) is 9.13. The van der Waals surface area contributed by atoms with Crippen molar-refractivity contribution in [2.75, 3.05) is 5.32 Å². The van der Waals surface area contributed by atoms with Crippen molar-refractivity contribution in [2.45, 2.75) is 65.3 Å². The van der Waals surface area contributed by atoms with Gasteiger partial charge in [-0.25, -0.2) is 4.79 Å². The molecule has 0 radical (unpaired) electrons. The molecule has 0 spiro atoms. The third kappa shape index (κ3) is 3.94. The lowest BCUT2D eigenvalue weighted by atomic mass is 9.77. The molecule has 0 bridgehead atoms. The fraction of sp³-hybridized carbons (Fsp3) is 0.500. The highest BCUT2D eigenvalue weighted by atomic mass is 16.7. The number of hydrogen-bond donors (Lipinski definition) is 1. The van der Waals surface area contributed by atoms with Gasteiger partial charge in [0.2, 0.25) is 0 Å². The van der Waals surface area contributed by atoms with E-state index in [9.17, 15) is 4.79 Å². The Bertz CT molecular complexity index is 858. The number of anilines is 1. The molecule has 0 saturated carbocycles. The van der Waals surface area contributed by atoms with Crippen molar-refractivity contribution in [1.82, 2.24) is 4.98 Å². The number of aromatic nitrogens is 1. The topological polar surface area (TPSA) is 69.7 Å². The van der Waals surface area contributed by atoms with Crippen LogP contribution in [0.2, 0.25) is 0 Å². The minimum atomic E-state index is -0.569. The minimum absolute atomic E-state index is 0.438. The molecule has 0 unspecified atom stereocenters. The van der Waals surface area contributed by atoms with Crippen LogP contribution in [0.4, 0.5) is 10.5 Å². The van der Waals surface area contributed by atoms with Crippen LogP contribution in [0.1, 0.15) is 48.5 Å². The molecule has 7 heteroatoms. The zero-order valence-corrected chi connectivity index (χ0v) is 17.0. The Morgan fingerprint density at radius 3 is 2.33 bits per heavy atom. The number of carbonyl (C=O) groups excluding carboxylic acids is 1. The van der Waals surface area contributed by atoms with Crippen LogP contribution >= 0.6 is 0 Å². The van der Waals surface area contributed by atoms with E-state index in [2.05, 4.69) is 10.3 Å². The first kappa shape index (κ1) is 19.6. The van der Waals surface area contributed by atoms with Gasteiger partial charge in [0, 0.05) is 17.0 Å². The predicted octanol–water partition coefficient (Wildman–Crippen LogP) is 3.88. The average Bonchev–Trinajstić information content (AvgIpc) is 2.73. The van der Waals surface area contributed by atoms with Crippen molar-refractivity contribution in [3.05, 3.63) is 30.5 Å². The number of nitrogens with zero attached hydrogens (tertiary/aromatic N) is 1. The van der Waals surface area contributed by atoms with Crippen LogP contribution in [-0.2, 0) is 14.0 Å². The first-order valence-electron chi connectivity index (χ1n) is 9.13. The Morgan fingerprint density at radius 2 is 1.74 bits per heavy atom. The molecule has 1 aromatic heterocycles. The maximum Gasteiger partial charge on any atom is 0.497 e. The van der Waals surface area contributed by atoms with Gasteiger partial charge in [-0.3, -0.25) is 10.3 Å². The van der Waals surface area contributed by atoms with Crippen LogP contribution in [-0.4, -0.2) is 35.0 Å². The summed E-state index contributed by atoms with van der Waals surface area (Å²) in [4.78, 5) is 16.7. The number of nitrogens with one attached hydrogen (secondary N) is 1. The molecule has 27 heavy (non-hydrogen) atoms. The van der Waals surface area contributed by atoms with Gasteiger partial charge in [0.15, 0.2) is 0 Å². The molecule has 1 aliphatic rings. The van der Waals surface area contributed by atoms with Gasteiger partial charge >= 0.3 is 13.2 Å². The number of carbonyl (C=O) groups is 1. The highest BCUT2D eigenvalue weighted by Crippen LogP contribution is 2.37. The van der Waals surface area contributed by atoms with E-state index in [0.717, 1.165) is 16.4 Å². The number of rotatable bonds is 2. The first-order chi connectivity index (χ1) is 12.4. The van der Waals surface area contributed by atoms with Crippen LogP contribution in [0.25, 0.3) is 10.9 Å². The van der Waals surface area contributed by atoms with E-state index in [1.807, 2.05) is 72.7 Å². The summed E-state index contributed by atoms with van der Waals surface area (Å²) in [6, 6.07) is 7.44. The average molecular weight is 370 g/mol. The molecule has 3 rings (SSSR count). The fourth-order valence-electron chi connectivity index (χ4n) is 2.88. The number of pyridine rings is 1. The van der Waals surface area contributed by atoms with Crippen LogP contribution in [0.5, 0.6) is 0 Å². The quantitative estimate of drug-likeness (QED) is 0.813. The molecule has 144 valence electrons. The zero-order valence-electron chi connectivity index (χ0n) is 17.0. The van der Waals surface area contributed by atoms with Gasteiger partial charge in [-0.05, 0) is 66.7 Å². The van der Waals surface area contributed by atoms with E-state index in [1.54, 1.807) is 6.20 Å². The normalized spacial score (nSPS) is 18.6. The highest BCUT2D eigenvalue weighted by Gasteiger charge is 2.52. The van der Waals surface area contributed by atoms with E-state index < -0.39 is 30.0 Å². The second-order valence-electron chi connectivity index (χ2n) is 8.82. The monoisotopic (exact) mass is 370 g/mol. The van der Waals surface area contributed by atoms with E-state index in [4.69, 9.17) is 14.0 Å². The molecule has 6 nitrogen and oxygen atoms in total. The lowest BCUT2D eigenvalue weighted by Gasteiger charge is -2.32. The lowest BCUT2D eigenvalue weighted by Crippen LogP contribution is -2.41. The van der Waals surface area contributed by atoms with Gasteiger partial charge in [-0.2, -0.15) is 0 Å². The van der Waals surface area contributed by atoms with Gasteiger partial charge in [0.05, 0.1) is 22.4 Å². The molecule has 2 heterocycles. The van der Waals surface area contributed by atoms with Crippen LogP contribution in [0.15, 0.2) is 30.5 Å². The Hall–Kier alpha value is -2.12. The molecule has 1 N–H and O–H groups in total. The van der Waals surface area contributed by atoms with Crippen molar-refractivity contribution in [2.24, 2.45) is 0 Å². The van der Waals surface area contributed by atoms with Crippen molar-refractivity contribution in [3.8, 4) is 0 Å². The standard InChI is InChI=1S/C20H27BN2O4/c1-18(2,3)25-17(24)23-15-11-10-14(16-13(15)9-8-12-22-16)21-26-19(4,5)20(6,7)27-21/h8-12H,1-7H3,(H,23,24). The van der Waals surface area contributed by atoms with Crippen molar-refractivity contribution in [3.63, 3.8) is 0 Å². The lowest BCUT2D eigenvalue weighted by molar-refractivity contribution is 0.00578. The van der Waals surface area contributed by atoms with E-state index >= 15 is 0 Å². The molecule has 0 atom stereocenters. The van der Waals surface area contributed by atoms with Crippen LogP contribution in [0, 0.1) is 0 Å². The summed E-state index contributed by atoms with van der Waals surface area (Å²) in [7, 11) is -0.525. The summed E-state index contributed by atoms with van der Waals surface area (Å²) in [5.74, 6) is 0. The van der Waals surface area contributed by atoms with E-state index in [1.165, 1.54) is 0 Å². The molecule has 2 aromatic rings. The molecule has 0 aliphatic carbocycles. The second-order valence-corrected chi connectivity index (χ2v) is 8.82. The predicted molar refractivity (Wildman–Crippen MR) is 107 cm³/mol. The number of fused-ring (bicyclic) bond motifs is 1. The smallest absolute Gasteiger partial charge is 0.444 e. The number of amides is 1. The molecule has 1 aliphatic heterocycles. The SMILES string of the molecule is CC(C)(C)OC(=O)Nc1ccc(B2OC(C)(C)C(C)(C)O2)c2ncccc12. The van der Waals surface area contributed by atoms with Crippen molar-refractivity contribution in [1.29, 1.82) is 0 Å². The van der Waals surface area contributed by atoms with E-state index in [0.29, 0.717) is 5.69 Å². The third-order valence-electron chi connectivity index (χ3n) is 4.94. The second kappa shape index (κ2) is 6.50. The van der Waals surface area contributed by atoms with Crippen LogP contribution < -0.4 is 10.8 Å². The number of hydrogen-bond acceptors (Lipinski definition) is 5. The van der Waals surface area contributed by atoms with Gasteiger partial charge in [-0.1, -0.05) is 6.07 Å². The summed E-state index contributed by atoms with van der Waals surface area (Å²) in [5, 5.41) is 3.61. The molecule has 1 aromatic carbocycles. The number of benzene rings is 1. The van der Waals surface area contributed by atoms with Crippen LogP contribution in [0.3, 0.4) is 0 Å². The molecule has 1 amide bonds. The summed E-state index contributed by atoms with van der Waals surface area (Å²) in [6.45, 7) is 13.5. The summed E-state index contributed by atoms with van der Waals surface area (Å²) in [5.41, 5.74) is 0.746. The van der Waals surface area contributed by atoms with Crippen molar-refractivity contribution >= 4 is 35.3 Å². The van der Waals surface area contributed by atoms with Gasteiger partial charge < -0.3 is 14.0 Å². The molecular weight excluding hydrogens is 343 g/mol. The number of ether oxygens (including phenoxy) is 1. The summed E-state index contributed by atoms with van der Waals surface area (Å²) in [6.07, 6.45) is 1.21. The largest absolute Gasteiger partial charge is 0.497 e. The fourth-order valence-corrected chi connectivity index (χ4v) is 2.88. The van der Waals surface area contributed by atoms with E-state index in [-0.39, 0.29) is 0 Å². The van der Waals surface area contributed by atoms with Crippen molar-refractivity contribution < 1.29 is 18.8 Å². The molecule has 1 fully saturated rings. The maximum absolute atomic E-state index is 12.2. The Morgan fingerprint density at radius 1 is 1.11 bits per heavy atom. The third-order valence-corrected chi connectivity index (χ3v) is 4.94. The summed E-state index contributed by atoms with van der Waals surface area (Å²) >= 11 is 0. The maximum atomic E-state index is 12.2. The van der Waals surface area contributed by atoms with Gasteiger partial charge in [-0.15, -0.1) is 0 Å². The molecule has 1 saturated heterocycles. The minimum Gasteiger partial charge on any atom is -0.444 e. The summed E-state index contributed by atoms with van der Waals surface area (Å²) < 4.78 is 17.7. The highest BCUT2D eigenvalue weighted by molar-refractivity contribution is 6.65. The van der Waals surface area contributed by atoms with Gasteiger partial charge in [0.25, 0.3) is 0 Å².